The Hall–Kier alpha value is -1.58. The number of aromatic hydroxyl groups is 1. The third-order valence-electron chi connectivity index (χ3n) is 2.54. The van der Waals surface area contributed by atoms with Crippen LogP contribution in [0.2, 0.25) is 0 Å². The average molecular weight is 226 g/mol. The van der Waals surface area contributed by atoms with Gasteiger partial charge in [-0.3, -0.25) is 4.79 Å². The molecular formula is C12H15FO3. The zero-order chi connectivity index (χ0) is 12.5. The molecule has 3 nitrogen and oxygen atoms in total. The van der Waals surface area contributed by atoms with Crippen molar-refractivity contribution in [3.05, 3.63) is 29.3 Å². The summed E-state index contributed by atoms with van der Waals surface area (Å²) >= 11 is 0. The van der Waals surface area contributed by atoms with Gasteiger partial charge >= 0.3 is 5.97 Å². The number of phenols is 1. The van der Waals surface area contributed by atoms with Crippen molar-refractivity contribution < 1.29 is 19.4 Å². The van der Waals surface area contributed by atoms with E-state index >= 15 is 0 Å². The van der Waals surface area contributed by atoms with Crippen molar-refractivity contribution in [1.29, 1.82) is 0 Å². The van der Waals surface area contributed by atoms with Crippen molar-refractivity contribution in [1.82, 2.24) is 0 Å². The zero-order valence-electron chi connectivity index (χ0n) is 9.49. The minimum atomic E-state index is -1.70. The molecule has 0 amide bonds. The highest BCUT2D eigenvalue weighted by Gasteiger charge is 2.27. The van der Waals surface area contributed by atoms with Crippen molar-refractivity contribution in [2.24, 2.45) is 0 Å². The molecule has 0 spiro atoms. The van der Waals surface area contributed by atoms with E-state index in [1.807, 2.05) is 0 Å². The quantitative estimate of drug-likeness (QED) is 0.833. The molecule has 1 aromatic rings. The largest absolute Gasteiger partial charge is 0.507 e. The van der Waals surface area contributed by atoms with Crippen molar-refractivity contribution in [3.63, 3.8) is 0 Å². The highest BCUT2D eigenvalue weighted by molar-refractivity contribution is 5.77. The van der Waals surface area contributed by atoms with Crippen LogP contribution in [-0.4, -0.2) is 16.2 Å². The normalized spacial score (nSPS) is 13.5. The van der Waals surface area contributed by atoms with E-state index in [0.717, 1.165) is 0 Å². The van der Waals surface area contributed by atoms with Gasteiger partial charge in [0.15, 0.2) is 0 Å². The van der Waals surface area contributed by atoms with E-state index in [1.54, 1.807) is 6.07 Å². The van der Waals surface area contributed by atoms with Gasteiger partial charge in [0, 0.05) is 11.1 Å². The summed E-state index contributed by atoms with van der Waals surface area (Å²) in [6.45, 7) is 4.08. The summed E-state index contributed by atoms with van der Waals surface area (Å²) in [5.41, 5.74) is -1.35. The van der Waals surface area contributed by atoms with Crippen molar-refractivity contribution in [3.8, 4) is 5.75 Å². The molecule has 0 aliphatic carbocycles. The van der Waals surface area contributed by atoms with Gasteiger partial charge in [-0.1, -0.05) is 18.2 Å². The van der Waals surface area contributed by atoms with Crippen LogP contribution in [0.25, 0.3) is 0 Å². The Morgan fingerprint density at radius 1 is 1.44 bits per heavy atom. The number of halogens is 1. The third-order valence-corrected chi connectivity index (χ3v) is 2.54. The van der Waals surface area contributed by atoms with E-state index in [4.69, 9.17) is 5.11 Å². The number of rotatable bonds is 3. The van der Waals surface area contributed by atoms with Crippen LogP contribution in [0.1, 0.15) is 37.8 Å². The van der Waals surface area contributed by atoms with E-state index < -0.39 is 17.6 Å². The Morgan fingerprint density at radius 2 is 2.00 bits per heavy atom. The number of benzene rings is 1. The number of carbonyl (C=O) groups is 1. The van der Waals surface area contributed by atoms with E-state index in [1.165, 1.54) is 32.9 Å². The van der Waals surface area contributed by atoms with E-state index in [2.05, 4.69) is 0 Å². The molecule has 0 radical (unpaired) electrons. The second kappa shape index (κ2) is 4.12. The summed E-state index contributed by atoms with van der Waals surface area (Å²) in [6, 6.07) is 4.49. The first-order valence-corrected chi connectivity index (χ1v) is 4.99. The summed E-state index contributed by atoms with van der Waals surface area (Å²) in [4.78, 5) is 10.8. The number of phenolic OH excluding ortho intramolecular Hbond substituents is 1. The van der Waals surface area contributed by atoms with E-state index in [9.17, 15) is 14.3 Å². The van der Waals surface area contributed by atoms with Crippen LogP contribution in [0.5, 0.6) is 5.75 Å². The maximum absolute atomic E-state index is 13.7. The average Bonchev–Trinajstić information content (AvgIpc) is 2.15. The van der Waals surface area contributed by atoms with Gasteiger partial charge in [-0.25, -0.2) is 4.39 Å². The van der Waals surface area contributed by atoms with Crippen LogP contribution in [0.3, 0.4) is 0 Å². The lowest BCUT2D eigenvalue weighted by Crippen LogP contribution is -2.13. The molecule has 0 aromatic heterocycles. The minimum Gasteiger partial charge on any atom is -0.507 e. The van der Waals surface area contributed by atoms with Crippen LogP contribution in [-0.2, 0) is 10.5 Å². The fourth-order valence-corrected chi connectivity index (χ4v) is 1.52. The summed E-state index contributed by atoms with van der Waals surface area (Å²) in [5.74, 6) is -2.18. The first kappa shape index (κ1) is 12.5. The number of para-hydroxylation sites is 1. The Labute approximate surface area is 93.5 Å². The number of aliphatic carboxylic acids is 1. The van der Waals surface area contributed by atoms with Gasteiger partial charge in [0.05, 0.1) is 5.92 Å². The molecule has 4 heteroatoms. The lowest BCUT2D eigenvalue weighted by Gasteiger charge is -2.19. The van der Waals surface area contributed by atoms with Crippen molar-refractivity contribution >= 4 is 5.97 Å². The number of carboxylic acid groups (broad SMARTS) is 1. The second-order valence-electron chi connectivity index (χ2n) is 4.28. The molecule has 0 bridgehead atoms. The van der Waals surface area contributed by atoms with Gasteiger partial charge in [-0.2, -0.15) is 0 Å². The molecule has 88 valence electrons. The fraction of sp³-hybridized carbons (Fsp3) is 0.417. The molecule has 0 heterocycles. The third kappa shape index (κ3) is 2.32. The molecule has 0 saturated carbocycles. The Morgan fingerprint density at radius 3 is 2.44 bits per heavy atom. The summed E-state index contributed by atoms with van der Waals surface area (Å²) < 4.78 is 13.7. The standard InChI is InChI=1S/C12H15FO3/c1-7(11(15)16)8-5-4-6-9(10(8)14)12(2,3)13/h4-7,14H,1-3H3,(H,15,16). The van der Waals surface area contributed by atoms with Crippen LogP contribution in [0, 0.1) is 0 Å². The fourth-order valence-electron chi connectivity index (χ4n) is 1.52. The maximum Gasteiger partial charge on any atom is 0.310 e. The number of hydrogen-bond acceptors (Lipinski definition) is 2. The topological polar surface area (TPSA) is 57.5 Å². The Balaban J connectivity index is 3.30. The lowest BCUT2D eigenvalue weighted by molar-refractivity contribution is -0.138. The van der Waals surface area contributed by atoms with Crippen molar-refractivity contribution in [2.45, 2.75) is 32.4 Å². The molecule has 16 heavy (non-hydrogen) atoms. The summed E-state index contributed by atoms with van der Waals surface area (Å²) in [7, 11) is 0. The highest BCUT2D eigenvalue weighted by Crippen LogP contribution is 2.37. The number of carboxylic acids is 1. The second-order valence-corrected chi connectivity index (χ2v) is 4.28. The van der Waals surface area contributed by atoms with E-state index in [-0.39, 0.29) is 16.9 Å². The molecule has 0 saturated heterocycles. The molecule has 1 atom stereocenters. The summed E-state index contributed by atoms with van der Waals surface area (Å²) in [5, 5.41) is 18.7. The molecular weight excluding hydrogens is 211 g/mol. The Bertz CT molecular complexity index is 407. The van der Waals surface area contributed by atoms with Gasteiger partial charge in [0.2, 0.25) is 0 Å². The molecule has 0 aliphatic rings. The maximum atomic E-state index is 13.7. The predicted molar refractivity (Wildman–Crippen MR) is 58.3 cm³/mol. The van der Waals surface area contributed by atoms with E-state index in [0.29, 0.717) is 0 Å². The number of hydrogen-bond donors (Lipinski definition) is 2. The minimum absolute atomic E-state index is 0.109. The SMILES string of the molecule is CC(C(=O)O)c1cccc(C(C)(C)F)c1O. The van der Waals surface area contributed by atoms with Crippen LogP contribution in [0.4, 0.5) is 4.39 Å². The molecule has 1 rings (SSSR count). The monoisotopic (exact) mass is 226 g/mol. The smallest absolute Gasteiger partial charge is 0.310 e. The molecule has 1 unspecified atom stereocenters. The van der Waals surface area contributed by atoms with Crippen molar-refractivity contribution in [2.75, 3.05) is 0 Å². The Kier molecular flexibility index (Phi) is 3.21. The lowest BCUT2D eigenvalue weighted by atomic mass is 9.92. The van der Waals surface area contributed by atoms with Crippen LogP contribution in [0.15, 0.2) is 18.2 Å². The van der Waals surface area contributed by atoms with Gasteiger partial charge in [0.1, 0.15) is 11.4 Å². The summed E-state index contributed by atoms with van der Waals surface area (Å²) in [6.07, 6.45) is 0. The predicted octanol–water partition coefficient (Wildman–Crippen LogP) is 2.78. The van der Waals surface area contributed by atoms with Gasteiger partial charge in [0.25, 0.3) is 0 Å². The first-order chi connectivity index (χ1) is 7.25. The molecule has 2 N–H and O–H groups in total. The highest BCUT2D eigenvalue weighted by atomic mass is 19.1. The molecule has 0 fully saturated rings. The van der Waals surface area contributed by atoms with Gasteiger partial charge in [-0.05, 0) is 20.8 Å². The molecule has 0 aliphatic heterocycles. The molecule has 1 aromatic carbocycles. The van der Waals surface area contributed by atoms with Gasteiger partial charge in [-0.15, -0.1) is 0 Å². The first-order valence-electron chi connectivity index (χ1n) is 4.99. The zero-order valence-corrected chi connectivity index (χ0v) is 9.49. The number of alkyl halides is 1. The van der Waals surface area contributed by atoms with Gasteiger partial charge < -0.3 is 10.2 Å². The van der Waals surface area contributed by atoms with Crippen LogP contribution >= 0.6 is 0 Å². The van der Waals surface area contributed by atoms with Crippen LogP contribution < -0.4 is 0 Å².